The highest BCUT2D eigenvalue weighted by Gasteiger charge is 2.30. The molecule has 1 rings (SSSR count). The van der Waals surface area contributed by atoms with Crippen molar-refractivity contribution in [1.82, 2.24) is 5.32 Å². The number of alkyl halides is 1. The van der Waals surface area contributed by atoms with E-state index in [1.807, 2.05) is 6.92 Å². The molecular weight excluding hydrogens is 270 g/mol. The van der Waals surface area contributed by atoms with E-state index in [9.17, 15) is 4.79 Å². The minimum absolute atomic E-state index is 0.0718. The third-order valence-corrected chi connectivity index (χ3v) is 3.63. The van der Waals surface area contributed by atoms with Crippen LogP contribution in [-0.4, -0.2) is 30.5 Å². The number of nitrogens with one attached hydrogen (secondary N) is 1. The Labute approximate surface area is 106 Å². The first-order valence-corrected chi connectivity index (χ1v) is 7.33. The fraction of sp³-hybridized carbons (Fsp3) is 0.917. The Morgan fingerprint density at radius 3 is 2.75 bits per heavy atom. The SMILES string of the molecule is CC1OCCC1C(=O)NCCCCCCBr. The number of carbonyl (C=O) groups excluding carboxylic acids is 1. The number of carbonyl (C=O) groups is 1. The molecule has 0 aromatic heterocycles. The molecule has 1 saturated heterocycles. The van der Waals surface area contributed by atoms with Gasteiger partial charge in [0.25, 0.3) is 0 Å². The van der Waals surface area contributed by atoms with Gasteiger partial charge in [-0.1, -0.05) is 28.8 Å². The van der Waals surface area contributed by atoms with E-state index in [0.717, 1.165) is 31.3 Å². The normalized spacial score (nSPS) is 24.6. The average Bonchev–Trinajstić information content (AvgIpc) is 2.69. The molecule has 0 saturated carbocycles. The van der Waals surface area contributed by atoms with Crippen molar-refractivity contribution in [3.8, 4) is 0 Å². The summed E-state index contributed by atoms with van der Waals surface area (Å²) in [4.78, 5) is 11.7. The van der Waals surface area contributed by atoms with Crippen LogP contribution in [0, 0.1) is 5.92 Å². The molecule has 94 valence electrons. The van der Waals surface area contributed by atoms with Crippen molar-refractivity contribution in [2.75, 3.05) is 18.5 Å². The molecule has 1 heterocycles. The molecule has 1 amide bonds. The fourth-order valence-electron chi connectivity index (χ4n) is 1.99. The van der Waals surface area contributed by atoms with Crippen LogP contribution in [-0.2, 0) is 9.53 Å². The van der Waals surface area contributed by atoms with Crippen molar-refractivity contribution in [2.24, 2.45) is 5.92 Å². The highest BCUT2D eigenvalue weighted by Crippen LogP contribution is 2.20. The fourth-order valence-corrected chi connectivity index (χ4v) is 2.39. The molecule has 0 aliphatic carbocycles. The van der Waals surface area contributed by atoms with E-state index in [1.54, 1.807) is 0 Å². The first-order valence-electron chi connectivity index (χ1n) is 6.21. The van der Waals surface area contributed by atoms with Crippen molar-refractivity contribution >= 4 is 21.8 Å². The standard InChI is InChI=1S/C12H22BrNO2/c1-10-11(6-9-16-10)12(15)14-8-5-3-2-4-7-13/h10-11H,2-9H2,1H3,(H,14,15). The Hall–Kier alpha value is -0.0900. The molecule has 0 spiro atoms. The van der Waals surface area contributed by atoms with Gasteiger partial charge in [0.1, 0.15) is 0 Å². The average molecular weight is 292 g/mol. The Morgan fingerprint density at radius 1 is 1.38 bits per heavy atom. The van der Waals surface area contributed by atoms with E-state index in [0.29, 0.717) is 0 Å². The van der Waals surface area contributed by atoms with Crippen LogP contribution in [0.25, 0.3) is 0 Å². The smallest absolute Gasteiger partial charge is 0.225 e. The molecule has 2 atom stereocenters. The second kappa shape index (κ2) is 8.07. The van der Waals surface area contributed by atoms with Crippen LogP contribution in [0.4, 0.5) is 0 Å². The molecule has 0 aromatic carbocycles. The second-order valence-electron chi connectivity index (χ2n) is 4.37. The van der Waals surface area contributed by atoms with E-state index >= 15 is 0 Å². The van der Waals surface area contributed by atoms with Gasteiger partial charge in [0.2, 0.25) is 5.91 Å². The Balaban J connectivity index is 2.02. The first kappa shape index (κ1) is 14.0. The molecule has 1 fully saturated rings. The van der Waals surface area contributed by atoms with Crippen LogP contribution in [0.3, 0.4) is 0 Å². The van der Waals surface area contributed by atoms with Crippen molar-refractivity contribution in [3.63, 3.8) is 0 Å². The Morgan fingerprint density at radius 2 is 2.12 bits per heavy atom. The van der Waals surface area contributed by atoms with E-state index in [-0.39, 0.29) is 17.9 Å². The van der Waals surface area contributed by atoms with Gasteiger partial charge in [0.15, 0.2) is 0 Å². The Bertz CT molecular complexity index is 211. The molecule has 1 aliphatic heterocycles. The summed E-state index contributed by atoms with van der Waals surface area (Å²) < 4.78 is 5.38. The van der Waals surface area contributed by atoms with E-state index in [1.165, 1.54) is 19.3 Å². The van der Waals surface area contributed by atoms with Gasteiger partial charge in [-0.2, -0.15) is 0 Å². The molecule has 0 radical (unpaired) electrons. The summed E-state index contributed by atoms with van der Waals surface area (Å²) >= 11 is 3.41. The van der Waals surface area contributed by atoms with Crippen molar-refractivity contribution in [2.45, 2.75) is 45.1 Å². The molecule has 4 heteroatoms. The maximum absolute atomic E-state index is 11.7. The highest BCUT2D eigenvalue weighted by molar-refractivity contribution is 9.09. The highest BCUT2D eigenvalue weighted by atomic mass is 79.9. The van der Waals surface area contributed by atoms with Crippen LogP contribution in [0.1, 0.15) is 39.0 Å². The molecule has 3 nitrogen and oxygen atoms in total. The van der Waals surface area contributed by atoms with Crippen LogP contribution in [0.2, 0.25) is 0 Å². The van der Waals surface area contributed by atoms with E-state index in [2.05, 4.69) is 21.2 Å². The quantitative estimate of drug-likeness (QED) is 0.578. The van der Waals surface area contributed by atoms with Gasteiger partial charge < -0.3 is 10.1 Å². The zero-order chi connectivity index (χ0) is 11.8. The predicted molar refractivity (Wildman–Crippen MR) is 68.8 cm³/mol. The summed E-state index contributed by atoms with van der Waals surface area (Å²) in [5, 5.41) is 4.08. The molecule has 2 unspecified atom stereocenters. The van der Waals surface area contributed by atoms with E-state index in [4.69, 9.17) is 4.74 Å². The number of amides is 1. The number of ether oxygens (including phenoxy) is 1. The topological polar surface area (TPSA) is 38.3 Å². The summed E-state index contributed by atoms with van der Waals surface area (Å²) in [7, 11) is 0. The minimum Gasteiger partial charge on any atom is -0.378 e. The lowest BCUT2D eigenvalue weighted by Crippen LogP contribution is -2.34. The summed E-state index contributed by atoms with van der Waals surface area (Å²) in [5.41, 5.74) is 0. The van der Waals surface area contributed by atoms with Gasteiger partial charge >= 0.3 is 0 Å². The molecule has 16 heavy (non-hydrogen) atoms. The van der Waals surface area contributed by atoms with Gasteiger partial charge in [-0.25, -0.2) is 0 Å². The summed E-state index contributed by atoms with van der Waals surface area (Å²) in [5.74, 6) is 0.244. The monoisotopic (exact) mass is 291 g/mol. The van der Waals surface area contributed by atoms with Crippen LogP contribution in [0.15, 0.2) is 0 Å². The molecule has 1 N–H and O–H groups in total. The van der Waals surface area contributed by atoms with Crippen molar-refractivity contribution in [3.05, 3.63) is 0 Å². The van der Waals surface area contributed by atoms with Gasteiger partial charge in [0, 0.05) is 18.5 Å². The van der Waals surface area contributed by atoms with Gasteiger partial charge in [-0.15, -0.1) is 0 Å². The summed E-state index contributed by atoms with van der Waals surface area (Å²) in [6.07, 6.45) is 5.71. The lowest BCUT2D eigenvalue weighted by Gasteiger charge is -2.13. The zero-order valence-corrected chi connectivity index (χ0v) is 11.6. The lowest BCUT2D eigenvalue weighted by molar-refractivity contribution is -0.126. The first-order chi connectivity index (χ1) is 7.75. The predicted octanol–water partition coefficient (Wildman–Crippen LogP) is 2.48. The maximum Gasteiger partial charge on any atom is 0.225 e. The third-order valence-electron chi connectivity index (χ3n) is 3.07. The number of hydrogen-bond acceptors (Lipinski definition) is 2. The van der Waals surface area contributed by atoms with E-state index < -0.39 is 0 Å². The largest absolute Gasteiger partial charge is 0.378 e. The number of hydrogen-bond donors (Lipinski definition) is 1. The molecule has 0 aromatic rings. The second-order valence-corrected chi connectivity index (χ2v) is 5.16. The molecular formula is C12H22BrNO2. The van der Waals surface area contributed by atoms with Crippen molar-refractivity contribution in [1.29, 1.82) is 0 Å². The summed E-state index contributed by atoms with van der Waals surface area (Å²) in [6.45, 7) is 3.52. The third kappa shape index (κ3) is 4.83. The van der Waals surface area contributed by atoms with Crippen LogP contribution < -0.4 is 5.32 Å². The molecule has 1 aliphatic rings. The Kier molecular flexibility index (Phi) is 7.05. The summed E-state index contributed by atoms with van der Waals surface area (Å²) in [6, 6.07) is 0. The van der Waals surface area contributed by atoms with Gasteiger partial charge in [-0.05, 0) is 26.2 Å². The van der Waals surface area contributed by atoms with Gasteiger partial charge in [0.05, 0.1) is 12.0 Å². The lowest BCUT2D eigenvalue weighted by atomic mass is 10.0. The van der Waals surface area contributed by atoms with Crippen LogP contribution >= 0.6 is 15.9 Å². The zero-order valence-electron chi connectivity index (χ0n) is 10.0. The number of rotatable bonds is 7. The molecule has 0 bridgehead atoms. The maximum atomic E-state index is 11.7. The van der Waals surface area contributed by atoms with Gasteiger partial charge in [-0.3, -0.25) is 4.79 Å². The van der Waals surface area contributed by atoms with Crippen LogP contribution in [0.5, 0.6) is 0 Å². The minimum atomic E-state index is 0.0718. The number of unbranched alkanes of at least 4 members (excludes halogenated alkanes) is 3. The van der Waals surface area contributed by atoms with Crippen molar-refractivity contribution < 1.29 is 9.53 Å². The number of halogens is 1.